The van der Waals surface area contributed by atoms with Gasteiger partial charge in [-0.1, -0.05) is 42.5 Å². The fraction of sp³-hybridized carbons (Fsp3) is 0.0256. The van der Waals surface area contributed by atoms with Gasteiger partial charge < -0.3 is 0 Å². The van der Waals surface area contributed by atoms with Gasteiger partial charge in [0, 0.05) is 71.3 Å². The van der Waals surface area contributed by atoms with Gasteiger partial charge in [0.15, 0.2) is 0 Å². The molecule has 0 fully saturated rings. The lowest BCUT2D eigenvalue weighted by Crippen LogP contribution is -1.89. The Hall–Kier alpha value is -5.74. The molecule has 204 valence electrons. The first-order chi connectivity index (χ1) is 21.2. The molecule has 4 nitrogen and oxygen atoms in total. The average Bonchev–Trinajstić information content (AvgIpc) is 3.09. The molecular weight excluding hydrogens is 524 g/mol. The Morgan fingerprint density at radius 2 is 0.674 bits per heavy atom. The van der Waals surface area contributed by atoms with Gasteiger partial charge in [0.1, 0.15) is 0 Å². The van der Waals surface area contributed by atoms with Crippen LogP contribution in [0.15, 0.2) is 153 Å². The van der Waals surface area contributed by atoms with Crippen molar-refractivity contribution in [1.29, 1.82) is 0 Å². The Kier molecular flexibility index (Phi) is 7.08. The predicted octanol–water partition coefficient (Wildman–Crippen LogP) is 9.58. The second kappa shape index (κ2) is 11.6. The summed E-state index contributed by atoms with van der Waals surface area (Å²) in [6, 6.07) is 38.6. The summed E-state index contributed by atoms with van der Waals surface area (Å²) < 4.78 is 0. The van der Waals surface area contributed by atoms with Crippen molar-refractivity contribution >= 4 is 0 Å². The van der Waals surface area contributed by atoms with Gasteiger partial charge in [0.05, 0.1) is 0 Å². The number of hydrogen-bond donors (Lipinski definition) is 0. The van der Waals surface area contributed by atoms with E-state index in [0.29, 0.717) is 0 Å². The van der Waals surface area contributed by atoms with E-state index in [1.807, 2.05) is 49.9 Å². The second-order valence-corrected chi connectivity index (χ2v) is 10.6. The molecule has 0 spiro atoms. The molecule has 4 aromatic heterocycles. The highest BCUT2D eigenvalue weighted by molar-refractivity contribution is 5.85. The highest BCUT2D eigenvalue weighted by Crippen LogP contribution is 2.36. The minimum Gasteiger partial charge on any atom is -0.264 e. The minimum absolute atomic E-state index is 0.999. The number of aromatic nitrogens is 4. The number of benzene rings is 3. The van der Waals surface area contributed by atoms with Gasteiger partial charge in [-0.15, -0.1) is 0 Å². The molecule has 4 heteroatoms. The quantitative estimate of drug-likeness (QED) is 0.206. The van der Waals surface area contributed by atoms with Crippen LogP contribution in [-0.2, 0) is 0 Å². The number of aryl methyl sites for hydroxylation is 1. The van der Waals surface area contributed by atoms with Gasteiger partial charge >= 0.3 is 0 Å². The molecule has 0 N–H and O–H groups in total. The molecule has 3 aromatic carbocycles. The highest BCUT2D eigenvalue weighted by atomic mass is 14.7. The number of hydrogen-bond acceptors (Lipinski definition) is 4. The van der Waals surface area contributed by atoms with Crippen LogP contribution in [0, 0.1) is 6.92 Å². The Bertz CT molecular complexity index is 1950. The van der Waals surface area contributed by atoms with Crippen LogP contribution in [0.3, 0.4) is 0 Å². The second-order valence-electron chi connectivity index (χ2n) is 10.6. The van der Waals surface area contributed by atoms with Crippen LogP contribution in [0.1, 0.15) is 5.69 Å². The van der Waals surface area contributed by atoms with Crippen molar-refractivity contribution in [2.24, 2.45) is 0 Å². The van der Waals surface area contributed by atoms with E-state index in [1.54, 1.807) is 18.6 Å². The molecule has 0 unspecified atom stereocenters. The zero-order valence-electron chi connectivity index (χ0n) is 23.7. The first-order valence-corrected chi connectivity index (χ1v) is 14.2. The molecule has 0 bridgehead atoms. The van der Waals surface area contributed by atoms with E-state index in [4.69, 9.17) is 0 Å². The largest absolute Gasteiger partial charge is 0.264 e. The van der Waals surface area contributed by atoms with E-state index in [2.05, 4.69) is 111 Å². The van der Waals surface area contributed by atoms with E-state index < -0.39 is 0 Å². The average molecular weight is 553 g/mol. The maximum atomic E-state index is 4.56. The molecule has 0 aliphatic rings. The highest BCUT2D eigenvalue weighted by Gasteiger charge is 2.11. The third-order valence-corrected chi connectivity index (χ3v) is 7.62. The SMILES string of the molecule is Cc1ccc(-c2cc(-c3cccnc3)cc(-c3cccc(-c4cc(-c5cccnc5)cc(-c5cccnc5)c4)c3)c2)cn1. The van der Waals surface area contributed by atoms with E-state index in [0.717, 1.165) is 72.5 Å². The molecule has 0 saturated heterocycles. The fourth-order valence-electron chi connectivity index (χ4n) is 5.37. The lowest BCUT2D eigenvalue weighted by atomic mass is 9.91. The van der Waals surface area contributed by atoms with Gasteiger partial charge in [-0.2, -0.15) is 0 Å². The lowest BCUT2D eigenvalue weighted by Gasteiger charge is -2.14. The van der Waals surface area contributed by atoms with E-state index >= 15 is 0 Å². The Balaban J connectivity index is 1.37. The van der Waals surface area contributed by atoms with E-state index in [-0.39, 0.29) is 0 Å². The standard InChI is InChI=1S/C39H28N4/c1-27-11-12-33(26-43-27)39-20-35(19-38(22-39)32-10-5-15-42-25-32)29-7-2-6-28(16-29)34-17-36(30-8-3-13-40-23-30)21-37(18-34)31-9-4-14-41-24-31/h2-26H,1H3. The Labute approximate surface area is 251 Å². The van der Waals surface area contributed by atoms with Gasteiger partial charge in [-0.25, -0.2) is 0 Å². The summed E-state index contributed by atoms with van der Waals surface area (Å²) in [4.78, 5) is 17.7. The minimum atomic E-state index is 0.999. The Morgan fingerprint density at radius 3 is 1.02 bits per heavy atom. The van der Waals surface area contributed by atoms with Crippen LogP contribution in [0.25, 0.3) is 66.8 Å². The van der Waals surface area contributed by atoms with Gasteiger partial charge in [-0.3, -0.25) is 19.9 Å². The predicted molar refractivity (Wildman–Crippen MR) is 175 cm³/mol. The normalized spacial score (nSPS) is 10.9. The molecule has 43 heavy (non-hydrogen) atoms. The summed E-state index contributed by atoms with van der Waals surface area (Å²) in [5, 5.41) is 0. The van der Waals surface area contributed by atoms with Crippen molar-refractivity contribution in [3.63, 3.8) is 0 Å². The summed E-state index contributed by atoms with van der Waals surface area (Å²) in [6.45, 7) is 2.01. The van der Waals surface area contributed by atoms with Crippen molar-refractivity contribution in [1.82, 2.24) is 19.9 Å². The van der Waals surface area contributed by atoms with Crippen molar-refractivity contribution in [2.75, 3.05) is 0 Å². The molecule has 0 radical (unpaired) electrons. The molecule has 0 amide bonds. The van der Waals surface area contributed by atoms with E-state index in [1.165, 1.54) is 0 Å². The first kappa shape index (κ1) is 26.2. The van der Waals surface area contributed by atoms with Gasteiger partial charge in [0.25, 0.3) is 0 Å². The summed E-state index contributed by atoms with van der Waals surface area (Å²) in [5.74, 6) is 0. The zero-order chi connectivity index (χ0) is 29.0. The van der Waals surface area contributed by atoms with Gasteiger partial charge in [-0.05, 0) is 118 Å². The maximum Gasteiger partial charge on any atom is 0.0373 e. The van der Waals surface area contributed by atoms with Crippen LogP contribution in [-0.4, -0.2) is 19.9 Å². The van der Waals surface area contributed by atoms with Crippen molar-refractivity contribution in [2.45, 2.75) is 6.92 Å². The van der Waals surface area contributed by atoms with Crippen LogP contribution in [0.2, 0.25) is 0 Å². The maximum absolute atomic E-state index is 4.56. The lowest BCUT2D eigenvalue weighted by molar-refractivity contribution is 1.20. The number of rotatable bonds is 6. The summed E-state index contributed by atoms with van der Waals surface area (Å²) in [6.07, 6.45) is 13.1. The summed E-state index contributed by atoms with van der Waals surface area (Å²) in [7, 11) is 0. The molecule has 0 atom stereocenters. The number of pyridine rings is 4. The third-order valence-electron chi connectivity index (χ3n) is 7.62. The van der Waals surface area contributed by atoms with Crippen molar-refractivity contribution in [3.8, 4) is 66.8 Å². The van der Waals surface area contributed by atoms with Crippen molar-refractivity contribution < 1.29 is 0 Å². The molecular formula is C39H28N4. The fourth-order valence-corrected chi connectivity index (χ4v) is 5.37. The molecule has 7 rings (SSSR count). The monoisotopic (exact) mass is 552 g/mol. The van der Waals surface area contributed by atoms with E-state index in [9.17, 15) is 0 Å². The third kappa shape index (κ3) is 5.72. The molecule has 0 aliphatic carbocycles. The zero-order valence-corrected chi connectivity index (χ0v) is 23.7. The first-order valence-electron chi connectivity index (χ1n) is 14.2. The Morgan fingerprint density at radius 1 is 0.326 bits per heavy atom. The van der Waals surface area contributed by atoms with Crippen molar-refractivity contribution in [3.05, 3.63) is 158 Å². The van der Waals surface area contributed by atoms with Crippen LogP contribution >= 0.6 is 0 Å². The molecule has 0 saturated carbocycles. The van der Waals surface area contributed by atoms with Gasteiger partial charge in [0.2, 0.25) is 0 Å². The van der Waals surface area contributed by atoms with Crippen LogP contribution in [0.4, 0.5) is 0 Å². The summed E-state index contributed by atoms with van der Waals surface area (Å²) >= 11 is 0. The smallest absolute Gasteiger partial charge is 0.0373 e. The molecule has 7 aromatic rings. The molecule has 0 aliphatic heterocycles. The molecule has 4 heterocycles. The van der Waals surface area contributed by atoms with Crippen LogP contribution < -0.4 is 0 Å². The summed E-state index contributed by atoms with van der Waals surface area (Å²) in [5.41, 5.74) is 14.3. The topological polar surface area (TPSA) is 51.6 Å². The van der Waals surface area contributed by atoms with Crippen LogP contribution in [0.5, 0.6) is 0 Å². The number of nitrogens with zero attached hydrogens (tertiary/aromatic N) is 4.